The molecule has 3 N–H and O–H groups in total. The lowest BCUT2D eigenvalue weighted by atomic mass is 10.2. The number of halogens is 1. The van der Waals surface area contributed by atoms with Crippen LogP contribution < -0.4 is 11.1 Å². The second-order valence-electron chi connectivity index (χ2n) is 3.78. The molecule has 0 bridgehead atoms. The number of nitrogens with two attached hydrogens (primary N) is 1. The van der Waals surface area contributed by atoms with E-state index in [0.29, 0.717) is 17.4 Å². The number of nitrogens with one attached hydrogen (secondary N) is 1. The maximum Gasteiger partial charge on any atom is 0.126 e. The summed E-state index contributed by atoms with van der Waals surface area (Å²) in [7, 11) is 0. The molecule has 2 aromatic rings. The number of nitrogens with zero attached hydrogens (tertiary/aromatic N) is 1. The first kappa shape index (κ1) is 12.4. The molecule has 5 heteroatoms. The van der Waals surface area contributed by atoms with Crippen LogP contribution in [0.3, 0.4) is 0 Å². The van der Waals surface area contributed by atoms with Crippen LogP contribution in [0, 0.1) is 5.82 Å². The molecular formula is C13H12FN3S. The standard InChI is InChI=1S/C13H12FN3S/c14-11-3-1-2-9(6-11)7-16-12-5-4-10(8-17-12)13(15)18/h1-6,8H,7H2,(H2,15,18)(H,16,17). The summed E-state index contributed by atoms with van der Waals surface area (Å²) < 4.78 is 13.0. The summed E-state index contributed by atoms with van der Waals surface area (Å²) in [6.45, 7) is 0.511. The third-order valence-electron chi connectivity index (χ3n) is 2.41. The summed E-state index contributed by atoms with van der Waals surface area (Å²) in [5.41, 5.74) is 7.05. The van der Waals surface area contributed by atoms with Crippen LogP contribution in [0.4, 0.5) is 10.2 Å². The van der Waals surface area contributed by atoms with Crippen LogP contribution in [0.2, 0.25) is 0 Å². The monoisotopic (exact) mass is 261 g/mol. The predicted molar refractivity (Wildman–Crippen MR) is 73.9 cm³/mol. The highest BCUT2D eigenvalue weighted by molar-refractivity contribution is 7.80. The van der Waals surface area contributed by atoms with Gasteiger partial charge in [0.1, 0.15) is 16.6 Å². The van der Waals surface area contributed by atoms with E-state index >= 15 is 0 Å². The third kappa shape index (κ3) is 3.24. The molecule has 92 valence electrons. The van der Waals surface area contributed by atoms with Gasteiger partial charge in [-0.05, 0) is 29.8 Å². The van der Waals surface area contributed by atoms with Crippen LogP contribution in [-0.4, -0.2) is 9.97 Å². The molecule has 0 aliphatic rings. The van der Waals surface area contributed by atoms with E-state index in [9.17, 15) is 4.39 Å². The average molecular weight is 261 g/mol. The van der Waals surface area contributed by atoms with Gasteiger partial charge in [0, 0.05) is 18.3 Å². The van der Waals surface area contributed by atoms with Crippen LogP contribution in [-0.2, 0) is 6.54 Å². The molecule has 2 rings (SSSR count). The maximum absolute atomic E-state index is 13.0. The number of rotatable bonds is 4. The molecule has 0 aliphatic carbocycles. The number of hydrogen-bond acceptors (Lipinski definition) is 3. The van der Waals surface area contributed by atoms with E-state index in [0.717, 1.165) is 11.1 Å². The largest absolute Gasteiger partial charge is 0.389 e. The Morgan fingerprint density at radius 1 is 1.33 bits per heavy atom. The average Bonchev–Trinajstić information content (AvgIpc) is 2.37. The number of pyridine rings is 1. The molecule has 1 heterocycles. The van der Waals surface area contributed by atoms with Gasteiger partial charge in [0.2, 0.25) is 0 Å². The highest BCUT2D eigenvalue weighted by Crippen LogP contribution is 2.08. The number of thiocarbonyl (C=S) groups is 1. The van der Waals surface area contributed by atoms with Crippen LogP contribution in [0.5, 0.6) is 0 Å². The van der Waals surface area contributed by atoms with Crippen molar-refractivity contribution in [2.24, 2.45) is 5.73 Å². The Bertz CT molecular complexity index is 554. The van der Waals surface area contributed by atoms with Crippen molar-refractivity contribution < 1.29 is 4.39 Å². The van der Waals surface area contributed by atoms with Gasteiger partial charge < -0.3 is 11.1 Å². The van der Waals surface area contributed by atoms with Crippen molar-refractivity contribution in [2.75, 3.05) is 5.32 Å². The lowest BCUT2D eigenvalue weighted by molar-refractivity contribution is 0.626. The van der Waals surface area contributed by atoms with Gasteiger partial charge in [0.15, 0.2) is 0 Å². The van der Waals surface area contributed by atoms with Crippen LogP contribution in [0.15, 0.2) is 42.6 Å². The molecule has 0 amide bonds. The lowest BCUT2D eigenvalue weighted by Crippen LogP contribution is -2.10. The zero-order valence-corrected chi connectivity index (χ0v) is 10.4. The Hall–Kier alpha value is -2.01. The number of aromatic nitrogens is 1. The maximum atomic E-state index is 13.0. The summed E-state index contributed by atoms with van der Waals surface area (Å²) in [5.74, 6) is 0.449. The SMILES string of the molecule is NC(=S)c1ccc(NCc2cccc(F)c2)nc1. The highest BCUT2D eigenvalue weighted by Gasteiger charge is 1.99. The molecule has 0 aliphatic heterocycles. The summed E-state index contributed by atoms with van der Waals surface area (Å²) in [5, 5.41) is 3.09. The Kier molecular flexibility index (Phi) is 3.84. The Balaban J connectivity index is 2.00. The minimum atomic E-state index is -0.244. The fourth-order valence-electron chi connectivity index (χ4n) is 1.48. The van der Waals surface area contributed by atoms with Gasteiger partial charge in [-0.1, -0.05) is 24.4 Å². The Labute approximate surface area is 110 Å². The zero-order valence-electron chi connectivity index (χ0n) is 9.56. The van der Waals surface area contributed by atoms with Crippen molar-refractivity contribution in [3.05, 3.63) is 59.5 Å². The summed E-state index contributed by atoms with van der Waals surface area (Å²) in [4.78, 5) is 4.48. The molecule has 18 heavy (non-hydrogen) atoms. The van der Waals surface area contributed by atoms with Crippen molar-refractivity contribution >= 4 is 23.0 Å². The van der Waals surface area contributed by atoms with E-state index in [1.165, 1.54) is 12.1 Å². The predicted octanol–water partition coefficient (Wildman–Crippen LogP) is 2.47. The smallest absolute Gasteiger partial charge is 0.126 e. The Morgan fingerprint density at radius 2 is 2.17 bits per heavy atom. The van der Waals surface area contributed by atoms with E-state index in [1.54, 1.807) is 24.4 Å². The molecule has 0 saturated heterocycles. The summed E-state index contributed by atoms with van der Waals surface area (Å²) in [6.07, 6.45) is 1.61. The first-order chi connectivity index (χ1) is 8.65. The molecule has 0 fully saturated rings. The fourth-order valence-corrected chi connectivity index (χ4v) is 1.60. The zero-order chi connectivity index (χ0) is 13.0. The number of hydrogen-bond donors (Lipinski definition) is 2. The highest BCUT2D eigenvalue weighted by atomic mass is 32.1. The van der Waals surface area contributed by atoms with Gasteiger partial charge in [-0.25, -0.2) is 9.37 Å². The molecule has 0 unspecified atom stereocenters. The van der Waals surface area contributed by atoms with Gasteiger partial charge in [0.25, 0.3) is 0 Å². The third-order valence-corrected chi connectivity index (χ3v) is 2.65. The van der Waals surface area contributed by atoms with Crippen LogP contribution >= 0.6 is 12.2 Å². The van der Waals surface area contributed by atoms with Crippen LogP contribution in [0.1, 0.15) is 11.1 Å². The first-order valence-corrected chi connectivity index (χ1v) is 5.80. The molecule has 0 atom stereocenters. The van der Waals surface area contributed by atoms with Crippen molar-refractivity contribution in [2.45, 2.75) is 6.54 Å². The van der Waals surface area contributed by atoms with E-state index in [4.69, 9.17) is 18.0 Å². The second-order valence-corrected chi connectivity index (χ2v) is 4.22. The van der Waals surface area contributed by atoms with Crippen molar-refractivity contribution in [3.63, 3.8) is 0 Å². The van der Waals surface area contributed by atoms with Gasteiger partial charge in [-0.15, -0.1) is 0 Å². The number of benzene rings is 1. The molecule has 3 nitrogen and oxygen atoms in total. The number of anilines is 1. The van der Waals surface area contributed by atoms with Crippen molar-refractivity contribution in [3.8, 4) is 0 Å². The Morgan fingerprint density at radius 3 is 2.78 bits per heavy atom. The van der Waals surface area contributed by atoms with Gasteiger partial charge in [-0.2, -0.15) is 0 Å². The topological polar surface area (TPSA) is 50.9 Å². The van der Waals surface area contributed by atoms with E-state index in [-0.39, 0.29) is 5.82 Å². The normalized spacial score (nSPS) is 10.1. The molecule has 0 saturated carbocycles. The van der Waals surface area contributed by atoms with E-state index in [2.05, 4.69) is 10.3 Å². The minimum absolute atomic E-state index is 0.244. The molecule has 0 spiro atoms. The quantitative estimate of drug-likeness (QED) is 0.830. The molecular weight excluding hydrogens is 249 g/mol. The second kappa shape index (κ2) is 5.55. The van der Waals surface area contributed by atoms with Crippen molar-refractivity contribution in [1.29, 1.82) is 0 Å². The lowest BCUT2D eigenvalue weighted by Gasteiger charge is -2.06. The first-order valence-electron chi connectivity index (χ1n) is 5.39. The van der Waals surface area contributed by atoms with E-state index in [1.807, 2.05) is 6.07 Å². The molecule has 1 aromatic heterocycles. The summed E-state index contributed by atoms with van der Waals surface area (Å²) >= 11 is 4.84. The molecule has 0 radical (unpaired) electrons. The van der Waals surface area contributed by atoms with Gasteiger partial charge in [-0.3, -0.25) is 0 Å². The van der Waals surface area contributed by atoms with Crippen molar-refractivity contribution in [1.82, 2.24) is 4.98 Å². The molecule has 1 aromatic carbocycles. The fraction of sp³-hybridized carbons (Fsp3) is 0.0769. The van der Waals surface area contributed by atoms with Gasteiger partial charge >= 0.3 is 0 Å². The minimum Gasteiger partial charge on any atom is -0.389 e. The van der Waals surface area contributed by atoms with Crippen LogP contribution in [0.25, 0.3) is 0 Å². The summed E-state index contributed by atoms with van der Waals surface area (Å²) in [6, 6.07) is 10.0. The van der Waals surface area contributed by atoms with Gasteiger partial charge in [0.05, 0.1) is 0 Å². The van der Waals surface area contributed by atoms with E-state index < -0.39 is 0 Å².